The van der Waals surface area contributed by atoms with Gasteiger partial charge in [-0.1, -0.05) is 19.8 Å². The SMILES string of the molecule is CCc1ccc(CCCCCCNC)s1. The van der Waals surface area contributed by atoms with Gasteiger partial charge in [-0.2, -0.15) is 0 Å². The van der Waals surface area contributed by atoms with Crippen molar-refractivity contribution in [2.24, 2.45) is 0 Å². The zero-order valence-electron chi connectivity index (χ0n) is 10.0. The molecule has 0 radical (unpaired) electrons. The van der Waals surface area contributed by atoms with E-state index in [1.807, 2.05) is 18.4 Å². The maximum atomic E-state index is 3.19. The Bertz CT molecular complexity index is 255. The van der Waals surface area contributed by atoms with Gasteiger partial charge in [0.15, 0.2) is 0 Å². The third-order valence-electron chi connectivity index (χ3n) is 2.67. The molecule has 86 valence electrons. The standard InChI is InChI=1S/C13H23NS/c1-3-12-9-10-13(15-12)8-6-4-5-7-11-14-2/h9-10,14H,3-8,11H2,1-2H3. The molecular formula is C13H23NS. The maximum absolute atomic E-state index is 3.19. The third kappa shape index (κ3) is 5.33. The van der Waals surface area contributed by atoms with Gasteiger partial charge in [0, 0.05) is 9.75 Å². The van der Waals surface area contributed by atoms with Crippen molar-refractivity contribution in [1.29, 1.82) is 0 Å². The van der Waals surface area contributed by atoms with Crippen LogP contribution < -0.4 is 5.32 Å². The minimum absolute atomic E-state index is 1.17. The molecule has 0 spiro atoms. The average molecular weight is 225 g/mol. The summed E-state index contributed by atoms with van der Waals surface area (Å²) in [6.45, 7) is 3.40. The van der Waals surface area contributed by atoms with E-state index in [0.29, 0.717) is 0 Å². The minimum atomic E-state index is 1.17. The molecule has 0 aliphatic carbocycles. The van der Waals surface area contributed by atoms with Gasteiger partial charge in [0.1, 0.15) is 0 Å². The highest BCUT2D eigenvalue weighted by atomic mass is 32.1. The van der Waals surface area contributed by atoms with Crippen LogP contribution in [0.2, 0.25) is 0 Å². The first-order valence-corrected chi connectivity index (χ1v) is 6.90. The number of thiophene rings is 1. The topological polar surface area (TPSA) is 12.0 Å². The zero-order valence-corrected chi connectivity index (χ0v) is 10.8. The highest BCUT2D eigenvalue weighted by Gasteiger charge is 1.98. The van der Waals surface area contributed by atoms with Crippen LogP contribution in [0.5, 0.6) is 0 Å². The summed E-state index contributed by atoms with van der Waals surface area (Å²) in [6, 6.07) is 4.58. The van der Waals surface area contributed by atoms with Crippen LogP contribution in [0.25, 0.3) is 0 Å². The first-order valence-electron chi connectivity index (χ1n) is 6.09. The van der Waals surface area contributed by atoms with E-state index >= 15 is 0 Å². The van der Waals surface area contributed by atoms with E-state index in [9.17, 15) is 0 Å². The monoisotopic (exact) mass is 225 g/mol. The Kier molecular flexibility index (Phi) is 6.69. The first kappa shape index (κ1) is 12.7. The van der Waals surface area contributed by atoms with Crippen LogP contribution in [0.15, 0.2) is 12.1 Å². The van der Waals surface area contributed by atoms with Crippen LogP contribution >= 0.6 is 11.3 Å². The van der Waals surface area contributed by atoms with Crippen molar-refractivity contribution in [1.82, 2.24) is 5.32 Å². The Hall–Kier alpha value is -0.340. The quantitative estimate of drug-likeness (QED) is 0.666. The van der Waals surface area contributed by atoms with Crippen molar-refractivity contribution in [2.45, 2.75) is 45.4 Å². The van der Waals surface area contributed by atoms with Crippen LogP contribution in [-0.4, -0.2) is 13.6 Å². The minimum Gasteiger partial charge on any atom is -0.320 e. The Morgan fingerprint density at radius 2 is 1.80 bits per heavy atom. The Morgan fingerprint density at radius 1 is 1.07 bits per heavy atom. The van der Waals surface area contributed by atoms with Crippen LogP contribution in [0, 0.1) is 0 Å². The fraction of sp³-hybridized carbons (Fsp3) is 0.692. The number of hydrogen-bond donors (Lipinski definition) is 1. The smallest absolute Gasteiger partial charge is 0.00481 e. The van der Waals surface area contributed by atoms with E-state index in [0.717, 1.165) is 0 Å². The lowest BCUT2D eigenvalue weighted by atomic mass is 10.1. The van der Waals surface area contributed by atoms with Gasteiger partial charge in [0.2, 0.25) is 0 Å². The summed E-state index contributed by atoms with van der Waals surface area (Å²) in [4.78, 5) is 3.10. The lowest BCUT2D eigenvalue weighted by molar-refractivity contribution is 0.618. The molecule has 1 nitrogen and oxygen atoms in total. The molecule has 1 N–H and O–H groups in total. The molecule has 2 heteroatoms. The molecule has 15 heavy (non-hydrogen) atoms. The summed E-state index contributed by atoms with van der Waals surface area (Å²) in [7, 11) is 2.03. The molecule has 0 saturated carbocycles. The second-order valence-electron chi connectivity index (χ2n) is 3.99. The molecule has 0 aromatic carbocycles. The molecule has 0 bridgehead atoms. The van der Waals surface area contributed by atoms with Crippen LogP contribution in [0.4, 0.5) is 0 Å². The highest BCUT2D eigenvalue weighted by Crippen LogP contribution is 2.19. The molecule has 1 aromatic rings. The molecular weight excluding hydrogens is 202 g/mol. The van der Waals surface area contributed by atoms with Gasteiger partial charge < -0.3 is 5.32 Å². The van der Waals surface area contributed by atoms with E-state index in [1.54, 1.807) is 4.88 Å². The number of aryl methyl sites for hydroxylation is 2. The van der Waals surface area contributed by atoms with Crippen molar-refractivity contribution < 1.29 is 0 Å². The van der Waals surface area contributed by atoms with E-state index in [-0.39, 0.29) is 0 Å². The van der Waals surface area contributed by atoms with E-state index < -0.39 is 0 Å². The molecule has 0 amide bonds. The molecule has 1 heterocycles. The molecule has 1 aromatic heterocycles. The van der Waals surface area contributed by atoms with Gasteiger partial charge in [-0.05, 0) is 51.4 Å². The molecule has 0 fully saturated rings. The van der Waals surface area contributed by atoms with Gasteiger partial charge in [0.05, 0.1) is 0 Å². The van der Waals surface area contributed by atoms with Crippen molar-refractivity contribution >= 4 is 11.3 Å². The highest BCUT2D eigenvalue weighted by molar-refractivity contribution is 7.11. The van der Waals surface area contributed by atoms with Crippen LogP contribution in [-0.2, 0) is 12.8 Å². The summed E-state index contributed by atoms with van der Waals surface area (Å²) in [5.41, 5.74) is 0. The van der Waals surface area contributed by atoms with Gasteiger partial charge in [-0.25, -0.2) is 0 Å². The number of rotatable bonds is 8. The van der Waals surface area contributed by atoms with E-state index in [4.69, 9.17) is 0 Å². The number of unbranched alkanes of at least 4 members (excludes halogenated alkanes) is 3. The van der Waals surface area contributed by atoms with Crippen molar-refractivity contribution in [3.05, 3.63) is 21.9 Å². The van der Waals surface area contributed by atoms with Crippen molar-refractivity contribution in [2.75, 3.05) is 13.6 Å². The predicted molar refractivity (Wildman–Crippen MR) is 69.8 cm³/mol. The fourth-order valence-corrected chi connectivity index (χ4v) is 2.70. The lowest BCUT2D eigenvalue weighted by Gasteiger charge is -1.99. The molecule has 0 unspecified atom stereocenters. The lowest BCUT2D eigenvalue weighted by Crippen LogP contribution is -2.06. The molecule has 0 aliphatic rings. The largest absolute Gasteiger partial charge is 0.320 e. The van der Waals surface area contributed by atoms with Crippen molar-refractivity contribution in [3.8, 4) is 0 Å². The van der Waals surface area contributed by atoms with Gasteiger partial charge in [0.25, 0.3) is 0 Å². The molecule has 0 aliphatic heterocycles. The summed E-state index contributed by atoms with van der Waals surface area (Å²) >= 11 is 1.99. The maximum Gasteiger partial charge on any atom is 0.00481 e. The number of nitrogens with one attached hydrogen (secondary N) is 1. The van der Waals surface area contributed by atoms with Gasteiger partial charge in [-0.15, -0.1) is 11.3 Å². The summed E-state index contributed by atoms with van der Waals surface area (Å²) in [5, 5.41) is 3.19. The predicted octanol–water partition coefficient (Wildman–Crippen LogP) is 3.63. The average Bonchev–Trinajstić information content (AvgIpc) is 2.71. The van der Waals surface area contributed by atoms with Crippen LogP contribution in [0.1, 0.15) is 42.4 Å². The third-order valence-corrected chi connectivity index (χ3v) is 3.96. The molecule has 0 saturated heterocycles. The molecule has 1 rings (SSSR count). The Labute approximate surface area is 97.9 Å². The van der Waals surface area contributed by atoms with E-state index in [2.05, 4.69) is 24.4 Å². The zero-order chi connectivity index (χ0) is 10.9. The first-order chi connectivity index (χ1) is 7.36. The van der Waals surface area contributed by atoms with Crippen LogP contribution in [0.3, 0.4) is 0 Å². The van der Waals surface area contributed by atoms with Crippen molar-refractivity contribution in [3.63, 3.8) is 0 Å². The van der Waals surface area contributed by atoms with E-state index in [1.165, 1.54) is 49.9 Å². The second-order valence-corrected chi connectivity index (χ2v) is 5.24. The van der Waals surface area contributed by atoms with Gasteiger partial charge in [-0.3, -0.25) is 0 Å². The summed E-state index contributed by atoms with van der Waals surface area (Å²) in [6.07, 6.45) is 7.89. The summed E-state index contributed by atoms with van der Waals surface area (Å²) in [5.74, 6) is 0. The normalized spacial score (nSPS) is 10.8. The Morgan fingerprint density at radius 3 is 2.47 bits per heavy atom. The van der Waals surface area contributed by atoms with Gasteiger partial charge >= 0.3 is 0 Å². The fourth-order valence-electron chi connectivity index (χ4n) is 1.70. The Balaban J connectivity index is 2.04. The molecule has 0 atom stereocenters. The summed E-state index contributed by atoms with van der Waals surface area (Å²) < 4.78 is 0. The second kappa shape index (κ2) is 7.89. The number of hydrogen-bond acceptors (Lipinski definition) is 2.